The van der Waals surface area contributed by atoms with Crippen molar-refractivity contribution in [2.45, 2.75) is 34.6 Å². The van der Waals surface area contributed by atoms with E-state index in [1.807, 2.05) is 27.7 Å². The Bertz CT molecular complexity index is 104. The molecule has 0 radical (unpaired) electrons. The number of hydrogen-bond acceptors (Lipinski definition) is 2. The molecule has 0 bridgehead atoms. The SMILES string of the molecule is C=N/C=C(/C)C=N.CC.CC. The molecular formula is C9H20N2. The molecule has 0 aliphatic carbocycles. The second kappa shape index (κ2) is 23.0. The maximum Gasteiger partial charge on any atom is 0.0304 e. The summed E-state index contributed by atoms with van der Waals surface area (Å²) in [6, 6.07) is 0. The van der Waals surface area contributed by atoms with Crippen molar-refractivity contribution in [3.05, 3.63) is 11.8 Å². The Balaban J connectivity index is -0.000000138. The Morgan fingerprint density at radius 2 is 1.64 bits per heavy atom. The van der Waals surface area contributed by atoms with Gasteiger partial charge >= 0.3 is 0 Å². The van der Waals surface area contributed by atoms with Gasteiger partial charge in [0, 0.05) is 12.4 Å². The molecule has 0 aromatic rings. The van der Waals surface area contributed by atoms with Crippen molar-refractivity contribution in [1.82, 2.24) is 0 Å². The van der Waals surface area contributed by atoms with E-state index in [0.717, 1.165) is 5.57 Å². The summed E-state index contributed by atoms with van der Waals surface area (Å²) in [4.78, 5) is 3.44. The van der Waals surface area contributed by atoms with Gasteiger partial charge in [0.25, 0.3) is 0 Å². The fourth-order valence-electron chi connectivity index (χ4n) is 0.181. The molecule has 0 atom stereocenters. The molecule has 0 spiro atoms. The Hall–Kier alpha value is -0.920. The molecule has 0 heterocycles. The molecule has 0 aliphatic heterocycles. The third-order valence-corrected chi connectivity index (χ3v) is 0.523. The first-order valence-electron chi connectivity index (χ1n) is 3.94. The molecule has 0 aromatic carbocycles. The van der Waals surface area contributed by atoms with E-state index in [-0.39, 0.29) is 0 Å². The molecule has 0 saturated heterocycles. The van der Waals surface area contributed by atoms with Crippen LogP contribution in [0, 0.1) is 5.41 Å². The zero-order valence-corrected chi connectivity index (χ0v) is 8.31. The fraction of sp³-hybridized carbons (Fsp3) is 0.556. The van der Waals surface area contributed by atoms with Gasteiger partial charge in [-0.3, -0.25) is 4.99 Å². The van der Waals surface area contributed by atoms with Gasteiger partial charge in [0.05, 0.1) is 0 Å². The first-order valence-corrected chi connectivity index (χ1v) is 3.94. The van der Waals surface area contributed by atoms with Crippen LogP contribution in [0.2, 0.25) is 0 Å². The Kier molecular flexibility index (Phi) is 34.6. The summed E-state index contributed by atoms with van der Waals surface area (Å²) < 4.78 is 0. The first kappa shape index (κ1) is 16.6. The van der Waals surface area contributed by atoms with Crippen LogP contribution in [0.3, 0.4) is 0 Å². The average Bonchev–Trinajstić information content (AvgIpc) is 2.12. The fourth-order valence-corrected chi connectivity index (χ4v) is 0.181. The molecule has 0 unspecified atom stereocenters. The van der Waals surface area contributed by atoms with Gasteiger partial charge in [-0.1, -0.05) is 27.7 Å². The number of allylic oxidation sites excluding steroid dienone is 1. The zero-order chi connectivity index (χ0) is 9.70. The monoisotopic (exact) mass is 156 g/mol. The first-order chi connectivity index (χ1) is 5.31. The van der Waals surface area contributed by atoms with E-state index in [0.29, 0.717) is 0 Å². The highest BCUT2D eigenvalue weighted by Crippen LogP contribution is 1.83. The van der Waals surface area contributed by atoms with E-state index < -0.39 is 0 Å². The van der Waals surface area contributed by atoms with Gasteiger partial charge in [0.15, 0.2) is 0 Å². The lowest BCUT2D eigenvalue weighted by atomic mass is 10.4. The van der Waals surface area contributed by atoms with Crippen LogP contribution in [0.4, 0.5) is 0 Å². The second-order valence-electron chi connectivity index (χ2n) is 1.20. The summed E-state index contributed by atoms with van der Waals surface area (Å²) >= 11 is 0. The van der Waals surface area contributed by atoms with E-state index in [9.17, 15) is 0 Å². The summed E-state index contributed by atoms with van der Waals surface area (Å²) in [5, 5.41) is 6.63. The second-order valence-corrected chi connectivity index (χ2v) is 1.20. The van der Waals surface area contributed by atoms with Crippen molar-refractivity contribution in [1.29, 1.82) is 5.41 Å². The molecule has 2 nitrogen and oxygen atoms in total. The van der Waals surface area contributed by atoms with Crippen LogP contribution in [-0.2, 0) is 0 Å². The highest BCUT2D eigenvalue weighted by molar-refractivity contribution is 5.74. The van der Waals surface area contributed by atoms with Gasteiger partial charge in [-0.15, -0.1) is 0 Å². The van der Waals surface area contributed by atoms with Crippen molar-refractivity contribution < 1.29 is 0 Å². The van der Waals surface area contributed by atoms with Crippen molar-refractivity contribution in [3.8, 4) is 0 Å². The summed E-state index contributed by atoms with van der Waals surface area (Å²) in [5.41, 5.74) is 0.815. The maximum absolute atomic E-state index is 6.63. The lowest BCUT2D eigenvalue weighted by Gasteiger charge is -1.78. The molecule has 0 rings (SSSR count). The van der Waals surface area contributed by atoms with Crippen LogP contribution < -0.4 is 0 Å². The highest BCUT2D eigenvalue weighted by Gasteiger charge is 1.71. The minimum atomic E-state index is 0.815. The molecule has 11 heavy (non-hydrogen) atoms. The topological polar surface area (TPSA) is 36.2 Å². The van der Waals surface area contributed by atoms with E-state index in [1.54, 1.807) is 6.92 Å². The third kappa shape index (κ3) is 27.3. The standard InChI is InChI=1S/C5H8N2.2C2H6/c1-5(3-6)4-7-2;2*1-2/h3-4,6H,2H2,1H3;2*1-2H3/b5-4-,6-3?;;. The largest absolute Gasteiger partial charge is 0.308 e. The van der Waals surface area contributed by atoms with Crippen LogP contribution in [0.15, 0.2) is 16.8 Å². The van der Waals surface area contributed by atoms with Gasteiger partial charge in [-0.25, -0.2) is 0 Å². The number of rotatable bonds is 2. The van der Waals surface area contributed by atoms with E-state index in [1.165, 1.54) is 12.4 Å². The smallest absolute Gasteiger partial charge is 0.0304 e. The predicted octanol–water partition coefficient (Wildman–Crippen LogP) is 3.29. The van der Waals surface area contributed by atoms with E-state index in [4.69, 9.17) is 5.41 Å². The van der Waals surface area contributed by atoms with Crippen molar-refractivity contribution in [2.24, 2.45) is 4.99 Å². The van der Waals surface area contributed by atoms with Gasteiger partial charge in [0.2, 0.25) is 0 Å². The summed E-state index contributed by atoms with van der Waals surface area (Å²) in [6.07, 6.45) is 2.77. The Labute approximate surface area is 70.6 Å². The zero-order valence-electron chi connectivity index (χ0n) is 8.31. The summed E-state index contributed by atoms with van der Waals surface area (Å²) in [7, 11) is 0. The molecule has 0 aliphatic rings. The minimum Gasteiger partial charge on any atom is -0.308 e. The summed E-state index contributed by atoms with van der Waals surface area (Å²) in [5.74, 6) is 0. The van der Waals surface area contributed by atoms with Gasteiger partial charge in [0.1, 0.15) is 0 Å². The van der Waals surface area contributed by atoms with E-state index >= 15 is 0 Å². The molecule has 0 aromatic heterocycles. The molecular weight excluding hydrogens is 136 g/mol. The van der Waals surface area contributed by atoms with Crippen LogP contribution in [0.1, 0.15) is 34.6 Å². The number of nitrogens with one attached hydrogen (secondary N) is 1. The van der Waals surface area contributed by atoms with E-state index in [2.05, 4.69) is 11.7 Å². The normalized spacial score (nSPS) is 7.91. The van der Waals surface area contributed by atoms with Gasteiger partial charge in [-0.05, 0) is 19.2 Å². The van der Waals surface area contributed by atoms with Crippen LogP contribution in [0.5, 0.6) is 0 Å². The Morgan fingerprint density at radius 1 is 1.27 bits per heavy atom. The average molecular weight is 156 g/mol. The number of nitrogens with zero attached hydrogens (tertiary/aromatic N) is 1. The molecule has 0 amide bonds. The maximum atomic E-state index is 6.63. The molecule has 2 heteroatoms. The molecule has 1 N–H and O–H groups in total. The quantitative estimate of drug-likeness (QED) is 0.596. The third-order valence-electron chi connectivity index (χ3n) is 0.523. The van der Waals surface area contributed by atoms with Gasteiger partial charge in [-0.2, -0.15) is 0 Å². The van der Waals surface area contributed by atoms with Crippen molar-refractivity contribution in [2.75, 3.05) is 0 Å². The summed E-state index contributed by atoms with van der Waals surface area (Å²) in [6.45, 7) is 13.0. The van der Waals surface area contributed by atoms with Crippen molar-refractivity contribution in [3.63, 3.8) is 0 Å². The Morgan fingerprint density at radius 3 is 1.73 bits per heavy atom. The predicted molar refractivity (Wildman–Crippen MR) is 54.8 cm³/mol. The minimum absolute atomic E-state index is 0.815. The van der Waals surface area contributed by atoms with Crippen LogP contribution in [-0.4, -0.2) is 12.9 Å². The van der Waals surface area contributed by atoms with Crippen LogP contribution in [0.25, 0.3) is 0 Å². The number of aliphatic imine (C=N–C) groups is 1. The van der Waals surface area contributed by atoms with Gasteiger partial charge < -0.3 is 5.41 Å². The number of hydrogen-bond donors (Lipinski definition) is 1. The lowest BCUT2D eigenvalue weighted by molar-refractivity contribution is 1.45. The van der Waals surface area contributed by atoms with Crippen molar-refractivity contribution >= 4 is 12.9 Å². The molecule has 0 fully saturated rings. The molecule has 66 valence electrons. The van der Waals surface area contributed by atoms with Crippen LogP contribution >= 0.6 is 0 Å². The highest BCUT2D eigenvalue weighted by atomic mass is 14.6. The molecule has 0 saturated carbocycles. The lowest BCUT2D eigenvalue weighted by Crippen LogP contribution is -1.69.